The molecule has 0 aliphatic heterocycles. The second kappa shape index (κ2) is 14.2. The summed E-state index contributed by atoms with van der Waals surface area (Å²) in [5, 5.41) is 16.5. The highest BCUT2D eigenvalue weighted by Crippen LogP contribution is 2.08. The number of H-pyrrole nitrogens is 1. The van der Waals surface area contributed by atoms with Gasteiger partial charge in [-0.15, -0.1) is 0 Å². The summed E-state index contributed by atoms with van der Waals surface area (Å²) in [4.78, 5) is 67.4. The van der Waals surface area contributed by atoms with Crippen LogP contribution in [0.25, 0.3) is 0 Å². The van der Waals surface area contributed by atoms with Crippen molar-refractivity contribution in [1.29, 1.82) is 0 Å². The van der Waals surface area contributed by atoms with Crippen molar-refractivity contribution in [2.24, 2.45) is 17.4 Å². The number of carbonyl (C=O) groups is 5. The summed E-state index contributed by atoms with van der Waals surface area (Å²) in [6.45, 7) is 3.69. The fourth-order valence-electron chi connectivity index (χ4n) is 2.99. The van der Waals surface area contributed by atoms with E-state index in [2.05, 4.69) is 38.5 Å². The standard InChI is InChI=1S/C20H33N7O6S/c1-10(2)5-14(26-17(29)12(21)6-11-7-23-9-24-11)19(31)25-13(3-4-16(22)28)18(30)27-15(8-34)20(32)33/h7,9-10,12-15,34H,3-6,8,21H2,1-2H3,(H2,22,28)(H,23,24)(H,25,31)(H,26,29)(H,27,30)(H,32,33). The van der Waals surface area contributed by atoms with E-state index in [1.165, 1.54) is 12.5 Å². The van der Waals surface area contributed by atoms with Crippen LogP contribution in [0.15, 0.2) is 12.5 Å². The molecule has 4 amide bonds. The van der Waals surface area contributed by atoms with E-state index in [4.69, 9.17) is 16.6 Å². The highest BCUT2D eigenvalue weighted by atomic mass is 32.1. The molecule has 1 rings (SSSR count). The Balaban J connectivity index is 2.93. The summed E-state index contributed by atoms with van der Waals surface area (Å²) < 4.78 is 0. The van der Waals surface area contributed by atoms with E-state index < -0.39 is 53.8 Å². The third-order valence-electron chi connectivity index (χ3n) is 4.78. The molecule has 0 saturated heterocycles. The number of carboxylic acid groups (broad SMARTS) is 1. The predicted octanol–water partition coefficient (Wildman–Crippen LogP) is -1.94. The van der Waals surface area contributed by atoms with Gasteiger partial charge in [-0.05, 0) is 18.8 Å². The molecule has 4 atom stereocenters. The number of hydrogen-bond donors (Lipinski definition) is 8. The zero-order chi connectivity index (χ0) is 25.8. The first-order chi connectivity index (χ1) is 15.9. The Labute approximate surface area is 202 Å². The minimum absolute atomic E-state index is 0.00153. The molecule has 14 heteroatoms. The van der Waals surface area contributed by atoms with E-state index in [-0.39, 0.29) is 37.4 Å². The van der Waals surface area contributed by atoms with E-state index in [9.17, 15) is 24.0 Å². The van der Waals surface area contributed by atoms with Crippen LogP contribution >= 0.6 is 12.6 Å². The zero-order valence-corrected chi connectivity index (χ0v) is 20.0. The minimum atomic E-state index is -1.31. The predicted molar refractivity (Wildman–Crippen MR) is 125 cm³/mol. The second-order valence-corrected chi connectivity index (χ2v) is 8.59. The molecule has 0 radical (unpaired) electrons. The minimum Gasteiger partial charge on any atom is -0.480 e. The van der Waals surface area contributed by atoms with Crippen molar-refractivity contribution in [2.45, 2.75) is 63.7 Å². The number of thiol groups is 1. The topological polar surface area (TPSA) is 222 Å². The Bertz CT molecular complexity index is 848. The smallest absolute Gasteiger partial charge is 0.327 e. The normalized spacial score (nSPS) is 14.5. The molecule has 1 heterocycles. The third kappa shape index (κ3) is 10.2. The Kier molecular flexibility index (Phi) is 12.1. The first-order valence-electron chi connectivity index (χ1n) is 10.7. The highest BCUT2D eigenvalue weighted by molar-refractivity contribution is 7.80. The van der Waals surface area contributed by atoms with Gasteiger partial charge in [0.15, 0.2) is 0 Å². The Hall–Kier alpha value is -3.13. The summed E-state index contributed by atoms with van der Waals surface area (Å²) in [5.74, 6) is -4.27. The molecule has 1 aromatic rings. The lowest BCUT2D eigenvalue weighted by molar-refractivity contribution is -0.141. The average Bonchev–Trinajstić information content (AvgIpc) is 3.26. The number of primary amides is 1. The first-order valence-corrected chi connectivity index (χ1v) is 11.3. The van der Waals surface area contributed by atoms with Crippen LogP contribution in [-0.4, -0.2) is 74.6 Å². The van der Waals surface area contributed by atoms with E-state index >= 15 is 0 Å². The summed E-state index contributed by atoms with van der Waals surface area (Å²) >= 11 is 3.89. The van der Waals surface area contributed by atoms with Crippen LogP contribution in [0.4, 0.5) is 0 Å². The van der Waals surface area contributed by atoms with Crippen molar-refractivity contribution >= 4 is 42.2 Å². The summed E-state index contributed by atoms with van der Waals surface area (Å²) in [6.07, 6.45) is 3.01. The van der Waals surface area contributed by atoms with Crippen molar-refractivity contribution in [1.82, 2.24) is 25.9 Å². The molecule has 0 aliphatic rings. The van der Waals surface area contributed by atoms with Gasteiger partial charge < -0.3 is 37.5 Å². The molecule has 0 saturated carbocycles. The molecule has 190 valence electrons. The summed E-state index contributed by atoms with van der Waals surface area (Å²) in [7, 11) is 0. The number of nitrogens with one attached hydrogen (secondary N) is 4. The number of aromatic nitrogens is 2. The number of rotatable bonds is 15. The van der Waals surface area contributed by atoms with Gasteiger partial charge in [-0.1, -0.05) is 13.8 Å². The number of aromatic amines is 1. The summed E-state index contributed by atoms with van der Waals surface area (Å²) in [6, 6.07) is -4.53. The number of hydrogen-bond acceptors (Lipinski definition) is 8. The molecule has 0 fully saturated rings. The molecule has 34 heavy (non-hydrogen) atoms. The fraction of sp³-hybridized carbons (Fsp3) is 0.600. The molecule has 4 unspecified atom stereocenters. The monoisotopic (exact) mass is 499 g/mol. The zero-order valence-electron chi connectivity index (χ0n) is 19.1. The van der Waals surface area contributed by atoms with Crippen LogP contribution in [0.2, 0.25) is 0 Å². The lowest BCUT2D eigenvalue weighted by atomic mass is 10.0. The van der Waals surface area contributed by atoms with Crippen molar-refractivity contribution in [3.8, 4) is 0 Å². The summed E-state index contributed by atoms with van der Waals surface area (Å²) in [5.41, 5.74) is 11.8. The van der Waals surface area contributed by atoms with E-state index in [1.54, 1.807) is 0 Å². The van der Waals surface area contributed by atoms with E-state index in [0.717, 1.165) is 0 Å². The average molecular weight is 500 g/mol. The second-order valence-electron chi connectivity index (χ2n) is 8.23. The Morgan fingerprint density at radius 2 is 1.65 bits per heavy atom. The van der Waals surface area contributed by atoms with Gasteiger partial charge >= 0.3 is 5.97 Å². The van der Waals surface area contributed by atoms with Gasteiger partial charge in [0.2, 0.25) is 23.6 Å². The van der Waals surface area contributed by atoms with Crippen LogP contribution < -0.4 is 27.4 Å². The molecule has 0 aromatic carbocycles. The van der Waals surface area contributed by atoms with E-state index in [0.29, 0.717) is 5.69 Å². The fourth-order valence-corrected chi connectivity index (χ4v) is 3.24. The van der Waals surface area contributed by atoms with Crippen molar-refractivity contribution in [3.05, 3.63) is 18.2 Å². The SMILES string of the molecule is CC(C)CC(NC(=O)C(N)Cc1cnc[nH]1)C(=O)NC(CCC(N)=O)C(=O)NC(CS)C(=O)O. The number of imidazole rings is 1. The number of nitrogens with zero attached hydrogens (tertiary/aromatic N) is 1. The van der Waals surface area contributed by atoms with Gasteiger partial charge in [0.05, 0.1) is 12.4 Å². The highest BCUT2D eigenvalue weighted by Gasteiger charge is 2.30. The largest absolute Gasteiger partial charge is 0.480 e. The Morgan fingerprint density at radius 3 is 2.15 bits per heavy atom. The van der Waals surface area contributed by atoms with Crippen molar-refractivity contribution in [2.75, 3.05) is 5.75 Å². The molecular formula is C20H33N7O6S. The van der Waals surface area contributed by atoms with Crippen molar-refractivity contribution < 1.29 is 29.1 Å². The number of amides is 4. The van der Waals surface area contributed by atoms with Gasteiger partial charge in [0.1, 0.15) is 18.1 Å². The quantitative estimate of drug-likeness (QED) is 0.126. The molecular weight excluding hydrogens is 466 g/mol. The van der Waals surface area contributed by atoms with Gasteiger partial charge in [-0.3, -0.25) is 19.2 Å². The number of carbonyl (C=O) groups excluding carboxylic acids is 4. The lowest BCUT2D eigenvalue weighted by Crippen LogP contribution is -2.57. The van der Waals surface area contributed by atoms with Gasteiger partial charge in [-0.25, -0.2) is 9.78 Å². The van der Waals surface area contributed by atoms with Crippen LogP contribution in [0, 0.1) is 5.92 Å². The maximum atomic E-state index is 13.0. The molecule has 1 aromatic heterocycles. The molecule has 0 aliphatic carbocycles. The molecule has 0 spiro atoms. The van der Waals surface area contributed by atoms with Gasteiger partial charge in [0, 0.05) is 30.5 Å². The first kappa shape index (κ1) is 28.9. The lowest BCUT2D eigenvalue weighted by Gasteiger charge is -2.25. The molecule has 9 N–H and O–H groups in total. The molecule has 0 bridgehead atoms. The Morgan fingerprint density at radius 1 is 1.06 bits per heavy atom. The number of aliphatic carboxylic acids is 1. The van der Waals surface area contributed by atoms with Crippen LogP contribution in [0.1, 0.15) is 38.8 Å². The van der Waals surface area contributed by atoms with Crippen LogP contribution in [-0.2, 0) is 30.4 Å². The number of carboxylic acids is 1. The third-order valence-corrected chi connectivity index (χ3v) is 5.15. The van der Waals surface area contributed by atoms with Crippen molar-refractivity contribution in [3.63, 3.8) is 0 Å². The van der Waals surface area contributed by atoms with Gasteiger partial charge in [-0.2, -0.15) is 12.6 Å². The van der Waals surface area contributed by atoms with Gasteiger partial charge in [0.25, 0.3) is 0 Å². The maximum absolute atomic E-state index is 13.0. The number of nitrogens with two attached hydrogens (primary N) is 2. The van der Waals surface area contributed by atoms with Crippen LogP contribution in [0.5, 0.6) is 0 Å². The maximum Gasteiger partial charge on any atom is 0.327 e. The van der Waals surface area contributed by atoms with E-state index in [1.807, 2.05) is 13.8 Å². The van der Waals surface area contributed by atoms with Crippen LogP contribution in [0.3, 0.4) is 0 Å². The molecule has 13 nitrogen and oxygen atoms in total.